The molecule has 2 aromatic rings. The molecule has 33 heavy (non-hydrogen) atoms. The molecule has 2 N–H and O–H groups in total. The van der Waals surface area contributed by atoms with Crippen LogP contribution >= 0.6 is 0 Å². The van der Waals surface area contributed by atoms with Crippen molar-refractivity contribution in [2.75, 3.05) is 19.8 Å². The largest absolute Gasteiger partial charge is 0.465 e. The summed E-state index contributed by atoms with van der Waals surface area (Å²) in [6, 6.07) is 4.97. The number of hydrogen-bond acceptors (Lipinski definition) is 7. The highest BCUT2D eigenvalue weighted by atomic mass is 16.5. The Morgan fingerprint density at radius 3 is 2.61 bits per heavy atom. The van der Waals surface area contributed by atoms with Gasteiger partial charge in [0, 0.05) is 35.6 Å². The number of rotatable bonds is 10. The smallest absolute Gasteiger partial charge is 0.328 e. The monoisotopic (exact) mass is 457 g/mol. The number of fused-ring (bicyclic) bond motifs is 1. The molecule has 1 amide bonds. The molecule has 0 spiro atoms. The molecular weight excluding hydrogens is 426 g/mol. The summed E-state index contributed by atoms with van der Waals surface area (Å²) >= 11 is 0. The van der Waals surface area contributed by atoms with Gasteiger partial charge in [0.1, 0.15) is 12.1 Å². The number of ketones is 1. The molecule has 2 heterocycles. The summed E-state index contributed by atoms with van der Waals surface area (Å²) in [7, 11) is 0. The highest BCUT2D eigenvalue weighted by Crippen LogP contribution is 2.22. The third-order valence-corrected chi connectivity index (χ3v) is 5.77. The van der Waals surface area contributed by atoms with E-state index in [-0.39, 0.29) is 31.3 Å². The molecule has 1 aromatic heterocycles. The van der Waals surface area contributed by atoms with Crippen molar-refractivity contribution in [3.05, 3.63) is 36.0 Å². The Kier molecular flexibility index (Phi) is 8.21. The highest BCUT2D eigenvalue weighted by molar-refractivity contribution is 6.09. The molecule has 1 fully saturated rings. The van der Waals surface area contributed by atoms with E-state index in [1.54, 1.807) is 27.0 Å². The number of nitrogens with one attached hydrogen (secondary N) is 2. The SMILES string of the molecule is CCOC(=O)C(CC(=O)c1c[nH]c2ccccc12)N[C@@H](C)C(=O)N1CCC[C@H]1C(=O)OCC. The first-order valence-electron chi connectivity index (χ1n) is 11.4. The fourth-order valence-electron chi connectivity index (χ4n) is 4.19. The first-order valence-corrected chi connectivity index (χ1v) is 11.4. The molecule has 3 rings (SSSR count). The summed E-state index contributed by atoms with van der Waals surface area (Å²) in [5.74, 6) is -1.59. The van der Waals surface area contributed by atoms with E-state index in [9.17, 15) is 19.2 Å². The molecule has 1 saturated heterocycles. The third-order valence-electron chi connectivity index (χ3n) is 5.77. The van der Waals surface area contributed by atoms with Gasteiger partial charge >= 0.3 is 11.9 Å². The molecular formula is C24H31N3O6. The number of ether oxygens (including phenoxy) is 2. The van der Waals surface area contributed by atoms with Gasteiger partial charge in [0.15, 0.2) is 5.78 Å². The lowest BCUT2D eigenvalue weighted by Crippen LogP contribution is -2.53. The van der Waals surface area contributed by atoms with Gasteiger partial charge in [0.05, 0.1) is 19.3 Å². The van der Waals surface area contributed by atoms with Crippen LogP contribution in [0.3, 0.4) is 0 Å². The molecule has 3 atom stereocenters. The van der Waals surface area contributed by atoms with E-state index in [0.29, 0.717) is 24.9 Å². The van der Waals surface area contributed by atoms with Gasteiger partial charge in [-0.05, 0) is 39.7 Å². The van der Waals surface area contributed by atoms with E-state index in [4.69, 9.17) is 9.47 Å². The predicted octanol–water partition coefficient (Wildman–Crippen LogP) is 2.20. The van der Waals surface area contributed by atoms with Crippen LogP contribution < -0.4 is 5.32 Å². The number of amides is 1. The lowest BCUT2D eigenvalue weighted by Gasteiger charge is -2.28. The summed E-state index contributed by atoms with van der Waals surface area (Å²) in [6.45, 7) is 5.85. The van der Waals surface area contributed by atoms with Crippen LogP contribution in [-0.2, 0) is 23.9 Å². The summed E-state index contributed by atoms with van der Waals surface area (Å²) in [5.41, 5.74) is 1.30. The second-order valence-corrected chi connectivity index (χ2v) is 8.01. The average Bonchev–Trinajstić information content (AvgIpc) is 3.45. The molecule has 1 unspecified atom stereocenters. The first kappa shape index (κ1) is 24.4. The number of carbonyl (C=O) groups excluding carboxylic acids is 4. The van der Waals surface area contributed by atoms with E-state index >= 15 is 0 Å². The Morgan fingerprint density at radius 2 is 1.88 bits per heavy atom. The maximum atomic E-state index is 13.1. The van der Waals surface area contributed by atoms with E-state index in [1.807, 2.05) is 24.3 Å². The van der Waals surface area contributed by atoms with E-state index in [0.717, 1.165) is 10.9 Å². The Morgan fingerprint density at radius 1 is 1.15 bits per heavy atom. The predicted molar refractivity (Wildman–Crippen MR) is 122 cm³/mol. The van der Waals surface area contributed by atoms with Gasteiger partial charge < -0.3 is 19.4 Å². The van der Waals surface area contributed by atoms with Crippen LogP contribution in [0.2, 0.25) is 0 Å². The van der Waals surface area contributed by atoms with Gasteiger partial charge in [-0.15, -0.1) is 0 Å². The van der Waals surface area contributed by atoms with Gasteiger partial charge in [-0.2, -0.15) is 0 Å². The zero-order valence-corrected chi connectivity index (χ0v) is 19.3. The van der Waals surface area contributed by atoms with Gasteiger partial charge in [-0.1, -0.05) is 18.2 Å². The molecule has 9 nitrogen and oxygen atoms in total. The molecule has 0 radical (unpaired) electrons. The molecule has 0 bridgehead atoms. The molecule has 0 aliphatic carbocycles. The number of H-pyrrole nitrogens is 1. The fourth-order valence-corrected chi connectivity index (χ4v) is 4.19. The lowest BCUT2D eigenvalue weighted by atomic mass is 10.0. The number of carbonyl (C=O) groups is 4. The maximum absolute atomic E-state index is 13.1. The number of para-hydroxylation sites is 1. The quantitative estimate of drug-likeness (QED) is 0.415. The summed E-state index contributed by atoms with van der Waals surface area (Å²) in [6.07, 6.45) is 2.69. The number of nitrogens with zero attached hydrogens (tertiary/aromatic N) is 1. The second-order valence-electron chi connectivity index (χ2n) is 8.01. The Hall–Kier alpha value is -3.20. The fraction of sp³-hybridized carbons (Fsp3) is 0.500. The zero-order chi connectivity index (χ0) is 24.0. The van der Waals surface area contributed by atoms with Gasteiger partial charge in [-0.25, -0.2) is 4.79 Å². The molecule has 178 valence electrons. The summed E-state index contributed by atoms with van der Waals surface area (Å²) < 4.78 is 10.2. The number of Topliss-reactive ketones (excluding diaryl/α,β-unsaturated/α-hetero) is 1. The van der Waals surface area contributed by atoms with Gasteiger partial charge in [-0.3, -0.25) is 19.7 Å². The molecule has 1 aromatic carbocycles. The number of benzene rings is 1. The van der Waals surface area contributed by atoms with Crippen molar-refractivity contribution in [1.82, 2.24) is 15.2 Å². The topological polar surface area (TPSA) is 118 Å². The van der Waals surface area contributed by atoms with E-state index < -0.39 is 30.1 Å². The van der Waals surface area contributed by atoms with Crippen LogP contribution in [-0.4, -0.2) is 71.4 Å². The van der Waals surface area contributed by atoms with Gasteiger partial charge in [0.25, 0.3) is 0 Å². The van der Waals surface area contributed by atoms with Crippen molar-refractivity contribution in [3.8, 4) is 0 Å². The number of aromatic amines is 1. The van der Waals surface area contributed by atoms with Gasteiger partial charge in [0.2, 0.25) is 5.91 Å². The van der Waals surface area contributed by atoms with Crippen LogP contribution in [0.1, 0.15) is 50.4 Å². The second kappa shape index (κ2) is 11.1. The summed E-state index contributed by atoms with van der Waals surface area (Å²) in [4.78, 5) is 55.5. The molecule has 1 aliphatic heterocycles. The standard InChI is InChI=1S/C24H31N3O6/c1-4-32-23(30)19(13-21(28)17-14-25-18-10-7-6-9-16(17)18)26-15(3)22(29)27-12-8-11-20(27)24(31)33-5-2/h6-7,9-10,14-15,19-20,25-26H,4-5,8,11-13H2,1-3H3/t15-,19?,20-/m0/s1. The minimum Gasteiger partial charge on any atom is -0.465 e. The van der Waals surface area contributed by atoms with Crippen molar-refractivity contribution in [3.63, 3.8) is 0 Å². The lowest BCUT2D eigenvalue weighted by molar-refractivity contribution is -0.154. The maximum Gasteiger partial charge on any atom is 0.328 e. The van der Waals surface area contributed by atoms with Crippen molar-refractivity contribution in [2.24, 2.45) is 0 Å². The third kappa shape index (κ3) is 5.60. The number of hydrogen-bond donors (Lipinski definition) is 2. The Labute approximate surface area is 192 Å². The van der Waals surface area contributed by atoms with Crippen molar-refractivity contribution < 1.29 is 28.7 Å². The number of aromatic nitrogens is 1. The van der Waals surface area contributed by atoms with Crippen LogP contribution in [0, 0.1) is 0 Å². The summed E-state index contributed by atoms with van der Waals surface area (Å²) in [5, 5.41) is 3.73. The molecule has 0 saturated carbocycles. The minimum absolute atomic E-state index is 0.150. The van der Waals surface area contributed by atoms with Crippen molar-refractivity contribution >= 4 is 34.5 Å². The van der Waals surface area contributed by atoms with E-state index in [2.05, 4.69) is 10.3 Å². The van der Waals surface area contributed by atoms with Crippen LogP contribution in [0.25, 0.3) is 10.9 Å². The minimum atomic E-state index is -1.01. The first-order chi connectivity index (χ1) is 15.9. The number of likely N-dealkylation sites (tertiary alicyclic amines) is 1. The van der Waals surface area contributed by atoms with E-state index in [1.165, 1.54) is 4.90 Å². The van der Waals surface area contributed by atoms with Crippen molar-refractivity contribution in [1.29, 1.82) is 0 Å². The molecule has 9 heteroatoms. The number of esters is 2. The normalized spacial score (nSPS) is 17.5. The Bertz CT molecular complexity index is 1020. The average molecular weight is 458 g/mol. The van der Waals surface area contributed by atoms with Crippen LogP contribution in [0.5, 0.6) is 0 Å². The highest BCUT2D eigenvalue weighted by Gasteiger charge is 2.38. The Balaban J connectivity index is 1.73. The van der Waals surface area contributed by atoms with Crippen LogP contribution in [0.4, 0.5) is 0 Å². The van der Waals surface area contributed by atoms with Crippen molar-refractivity contribution in [2.45, 2.75) is 58.2 Å². The van der Waals surface area contributed by atoms with Crippen LogP contribution in [0.15, 0.2) is 30.5 Å². The molecule has 1 aliphatic rings. The zero-order valence-electron chi connectivity index (χ0n) is 19.3.